The standard InChI is InChI=1S/C24H26N2O4/c27-23-22-9-8-21(30-20-6-4-16(5-7-20)24(28)29)14-17(22)10-13-26(23)19-11-12-25(15-19)18-2-1-3-18/h4-9,14,18-19H,1-3,10-13,15H2,(H,28,29)/t19-/m1/s1. The molecule has 0 bridgehead atoms. The highest BCUT2D eigenvalue weighted by Gasteiger charge is 2.37. The number of amides is 1. The number of ether oxygens (including phenoxy) is 1. The van der Waals surface area contributed by atoms with Crippen LogP contribution in [0.2, 0.25) is 0 Å². The average molecular weight is 406 g/mol. The number of hydrogen-bond donors (Lipinski definition) is 1. The second-order valence-electron chi connectivity index (χ2n) is 8.52. The van der Waals surface area contributed by atoms with E-state index in [1.165, 1.54) is 31.4 Å². The van der Waals surface area contributed by atoms with E-state index in [2.05, 4.69) is 9.80 Å². The second kappa shape index (κ2) is 7.76. The number of hydrogen-bond acceptors (Lipinski definition) is 4. The summed E-state index contributed by atoms with van der Waals surface area (Å²) in [4.78, 5) is 28.8. The van der Waals surface area contributed by atoms with E-state index in [4.69, 9.17) is 9.84 Å². The lowest BCUT2D eigenvalue weighted by atomic mass is 9.92. The first-order valence-electron chi connectivity index (χ1n) is 10.8. The van der Waals surface area contributed by atoms with Crippen LogP contribution in [-0.2, 0) is 6.42 Å². The third-order valence-electron chi connectivity index (χ3n) is 6.75. The Kier molecular flexibility index (Phi) is 4.95. The summed E-state index contributed by atoms with van der Waals surface area (Å²) in [6.45, 7) is 2.88. The fourth-order valence-corrected chi connectivity index (χ4v) is 4.80. The Morgan fingerprint density at radius 3 is 2.43 bits per heavy atom. The largest absolute Gasteiger partial charge is 0.478 e. The van der Waals surface area contributed by atoms with E-state index in [0.29, 0.717) is 17.5 Å². The lowest BCUT2D eigenvalue weighted by molar-refractivity contribution is 0.0645. The van der Waals surface area contributed by atoms with E-state index >= 15 is 0 Å². The van der Waals surface area contributed by atoms with Gasteiger partial charge < -0.3 is 14.7 Å². The minimum absolute atomic E-state index is 0.133. The number of fused-ring (bicyclic) bond motifs is 1. The maximum Gasteiger partial charge on any atom is 0.335 e. The molecule has 1 N–H and O–H groups in total. The van der Waals surface area contributed by atoms with Crippen LogP contribution in [0.3, 0.4) is 0 Å². The molecule has 0 aromatic heterocycles. The fourth-order valence-electron chi connectivity index (χ4n) is 4.80. The van der Waals surface area contributed by atoms with Crippen molar-refractivity contribution in [1.82, 2.24) is 9.80 Å². The third-order valence-corrected chi connectivity index (χ3v) is 6.75. The van der Waals surface area contributed by atoms with Gasteiger partial charge in [0.05, 0.1) is 5.56 Å². The van der Waals surface area contributed by atoms with E-state index in [0.717, 1.165) is 49.6 Å². The van der Waals surface area contributed by atoms with Crippen LogP contribution in [0.15, 0.2) is 42.5 Å². The minimum atomic E-state index is -0.962. The quantitative estimate of drug-likeness (QED) is 0.818. The maximum absolute atomic E-state index is 13.1. The zero-order valence-corrected chi connectivity index (χ0v) is 16.9. The monoisotopic (exact) mass is 406 g/mol. The van der Waals surface area contributed by atoms with Crippen molar-refractivity contribution < 1.29 is 19.4 Å². The first-order chi connectivity index (χ1) is 14.6. The van der Waals surface area contributed by atoms with E-state index in [1.54, 1.807) is 12.1 Å². The summed E-state index contributed by atoms with van der Waals surface area (Å²) in [5.41, 5.74) is 2.02. The highest BCUT2D eigenvalue weighted by atomic mass is 16.5. The van der Waals surface area contributed by atoms with E-state index < -0.39 is 5.97 Å². The molecule has 6 nitrogen and oxygen atoms in total. The molecule has 1 amide bonds. The summed E-state index contributed by atoms with van der Waals surface area (Å²) in [6, 6.07) is 13.0. The van der Waals surface area contributed by atoms with Crippen molar-refractivity contribution in [3.8, 4) is 11.5 Å². The number of carboxylic acids is 1. The number of carbonyl (C=O) groups is 2. The molecule has 2 heterocycles. The molecule has 3 aliphatic rings. The molecule has 30 heavy (non-hydrogen) atoms. The molecule has 0 radical (unpaired) electrons. The van der Waals surface area contributed by atoms with Gasteiger partial charge in [0, 0.05) is 37.3 Å². The smallest absolute Gasteiger partial charge is 0.335 e. The molecule has 2 aliphatic heterocycles. The van der Waals surface area contributed by atoms with Gasteiger partial charge in [-0.15, -0.1) is 0 Å². The van der Waals surface area contributed by atoms with Crippen molar-refractivity contribution in [2.75, 3.05) is 19.6 Å². The van der Waals surface area contributed by atoms with Crippen molar-refractivity contribution in [1.29, 1.82) is 0 Å². The van der Waals surface area contributed by atoms with Gasteiger partial charge in [0.2, 0.25) is 0 Å². The highest BCUT2D eigenvalue weighted by Crippen LogP contribution is 2.32. The van der Waals surface area contributed by atoms with Gasteiger partial charge in [-0.25, -0.2) is 4.79 Å². The number of aromatic carboxylic acids is 1. The average Bonchev–Trinajstić information content (AvgIpc) is 3.16. The van der Waals surface area contributed by atoms with Crippen LogP contribution in [-0.4, -0.2) is 58.5 Å². The van der Waals surface area contributed by atoms with Gasteiger partial charge in [-0.1, -0.05) is 6.42 Å². The molecule has 0 unspecified atom stereocenters. The topological polar surface area (TPSA) is 70.1 Å². The molecule has 156 valence electrons. The number of carboxylic acid groups (broad SMARTS) is 1. The molecular weight excluding hydrogens is 380 g/mol. The highest BCUT2D eigenvalue weighted by molar-refractivity contribution is 5.97. The lowest BCUT2D eigenvalue weighted by Gasteiger charge is -2.37. The van der Waals surface area contributed by atoms with Crippen molar-refractivity contribution in [2.45, 2.75) is 44.2 Å². The summed E-state index contributed by atoms with van der Waals surface area (Å²) in [5.74, 6) is 0.409. The molecule has 2 fully saturated rings. The van der Waals surface area contributed by atoms with Gasteiger partial charge in [0.25, 0.3) is 5.91 Å². The summed E-state index contributed by atoms with van der Waals surface area (Å²) in [6.07, 6.45) is 5.87. The lowest BCUT2D eigenvalue weighted by Crippen LogP contribution is -2.47. The van der Waals surface area contributed by atoms with Gasteiger partial charge >= 0.3 is 5.97 Å². The predicted octanol–water partition coefficient (Wildman–Crippen LogP) is 3.80. The summed E-state index contributed by atoms with van der Waals surface area (Å²) < 4.78 is 5.88. The van der Waals surface area contributed by atoms with Crippen LogP contribution in [0, 0.1) is 0 Å². The Morgan fingerprint density at radius 1 is 0.967 bits per heavy atom. The number of rotatable bonds is 5. The molecule has 6 heteroatoms. The minimum Gasteiger partial charge on any atom is -0.478 e. The Hall–Kier alpha value is -2.86. The number of benzene rings is 2. The second-order valence-corrected chi connectivity index (χ2v) is 8.52. The zero-order valence-electron chi connectivity index (χ0n) is 16.9. The summed E-state index contributed by atoms with van der Waals surface area (Å²) in [5, 5.41) is 9.00. The third kappa shape index (κ3) is 3.56. The number of nitrogens with zero attached hydrogens (tertiary/aromatic N) is 2. The van der Waals surface area contributed by atoms with Crippen LogP contribution in [0.4, 0.5) is 0 Å². The molecule has 1 saturated heterocycles. The van der Waals surface area contributed by atoms with Gasteiger partial charge in [0.15, 0.2) is 0 Å². The van der Waals surface area contributed by atoms with Gasteiger partial charge in [-0.2, -0.15) is 0 Å². The Labute approximate surface area is 176 Å². The molecule has 5 rings (SSSR count). The predicted molar refractivity (Wildman–Crippen MR) is 112 cm³/mol. The molecule has 1 saturated carbocycles. The summed E-state index contributed by atoms with van der Waals surface area (Å²) >= 11 is 0. The number of carbonyl (C=O) groups excluding carboxylic acids is 1. The molecular formula is C24H26N2O4. The van der Waals surface area contributed by atoms with Gasteiger partial charge in [-0.3, -0.25) is 9.69 Å². The van der Waals surface area contributed by atoms with Crippen molar-refractivity contribution in [3.05, 3.63) is 59.2 Å². The Morgan fingerprint density at radius 2 is 1.73 bits per heavy atom. The summed E-state index contributed by atoms with van der Waals surface area (Å²) in [7, 11) is 0. The van der Waals surface area contributed by atoms with Gasteiger partial charge in [0.1, 0.15) is 11.5 Å². The van der Waals surface area contributed by atoms with Crippen LogP contribution >= 0.6 is 0 Å². The first kappa shape index (κ1) is 19.1. The van der Waals surface area contributed by atoms with E-state index in [-0.39, 0.29) is 11.5 Å². The fraction of sp³-hybridized carbons (Fsp3) is 0.417. The molecule has 2 aromatic carbocycles. The molecule has 1 aliphatic carbocycles. The molecule has 1 atom stereocenters. The van der Waals surface area contributed by atoms with E-state index in [1.807, 2.05) is 18.2 Å². The van der Waals surface area contributed by atoms with Crippen molar-refractivity contribution >= 4 is 11.9 Å². The van der Waals surface area contributed by atoms with E-state index in [9.17, 15) is 9.59 Å². The maximum atomic E-state index is 13.1. The zero-order chi connectivity index (χ0) is 20.7. The van der Waals surface area contributed by atoms with Crippen molar-refractivity contribution in [2.24, 2.45) is 0 Å². The van der Waals surface area contributed by atoms with Crippen LogP contribution in [0.5, 0.6) is 11.5 Å². The molecule has 2 aromatic rings. The Balaban J connectivity index is 1.27. The van der Waals surface area contributed by atoms with Crippen LogP contribution in [0.25, 0.3) is 0 Å². The number of likely N-dealkylation sites (tertiary alicyclic amines) is 1. The normalized spacial score (nSPS) is 21.9. The Bertz CT molecular complexity index is 968. The molecule has 0 spiro atoms. The van der Waals surface area contributed by atoms with Gasteiger partial charge in [-0.05, 0) is 73.7 Å². The van der Waals surface area contributed by atoms with Crippen LogP contribution in [0.1, 0.15) is 52.0 Å². The SMILES string of the molecule is O=C(O)c1ccc(Oc2ccc3c(c2)CCN([C@@H]2CCN(C4CCC4)C2)C3=O)cc1. The van der Waals surface area contributed by atoms with Crippen LogP contribution < -0.4 is 4.74 Å². The first-order valence-corrected chi connectivity index (χ1v) is 10.8. The van der Waals surface area contributed by atoms with Crippen molar-refractivity contribution in [3.63, 3.8) is 0 Å².